The largest absolute Gasteiger partial charge is 0.508 e. The highest BCUT2D eigenvalue weighted by Crippen LogP contribution is 2.41. The molecule has 7 heteroatoms. The van der Waals surface area contributed by atoms with Crippen molar-refractivity contribution in [1.29, 1.82) is 0 Å². The lowest BCUT2D eigenvalue weighted by Crippen LogP contribution is -2.57. The van der Waals surface area contributed by atoms with Crippen LogP contribution in [0.1, 0.15) is 35.4 Å². The number of phenolic OH excluding ortho intramolecular Hbond substituents is 1. The highest BCUT2D eigenvalue weighted by atomic mass is 79.9. The van der Waals surface area contributed by atoms with E-state index in [1.807, 2.05) is 30.3 Å². The van der Waals surface area contributed by atoms with E-state index in [1.165, 1.54) is 12.1 Å². The molecule has 0 spiro atoms. The Kier molecular flexibility index (Phi) is 7.79. The van der Waals surface area contributed by atoms with Crippen LogP contribution < -0.4 is 11.1 Å². The predicted octanol–water partition coefficient (Wildman–Crippen LogP) is 5.49. The topological polar surface area (TPSA) is 75.4 Å². The second-order valence-corrected chi connectivity index (χ2v) is 10.0. The molecule has 4 nitrogen and oxygen atoms in total. The number of carbonyl (C=O) groups excluding carboxylic acids is 1. The molecule has 0 radical (unpaired) electrons. The molecule has 4 N–H and O–H groups in total. The van der Waals surface area contributed by atoms with Crippen LogP contribution in [0.3, 0.4) is 0 Å². The van der Waals surface area contributed by atoms with Crippen LogP contribution in [0.4, 0.5) is 8.78 Å². The number of hydrogen-bond donors (Lipinski definition) is 3. The molecule has 0 amide bonds. The van der Waals surface area contributed by atoms with Gasteiger partial charge in [-0.1, -0.05) is 46.3 Å². The Bertz CT molecular complexity index is 1230. The molecule has 3 aromatic rings. The molecule has 4 rings (SSSR count). The average Bonchev–Trinajstić information content (AvgIpc) is 2.82. The highest BCUT2D eigenvalue weighted by Gasteiger charge is 2.42. The molecule has 182 valence electrons. The monoisotopic (exact) mass is 540 g/mol. The van der Waals surface area contributed by atoms with E-state index in [1.54, 1.807) is 24.3 Å². The molecular formula is C28H27BrF2N2O2. The van der Waals surface area contributed by atoms with Crippen molar-refractivity contribution in [1.82, 2.24) is 5.32 Å². The maximum Gasteiger partial charge on any atom is 0.146 e. The summed E-state index contributed by atoms with van der Waals surface area (Å²) in [6, 6.07) is 17.8. The zero-order valence-electron chi connectivity index (χ0n) is 19.1. The zero-order valence-corrected chi connectivity index (χ0v) is 20.6. The van der Waals surface area contributed by atoms with Gasteiger partial charge >= 0.3 is 0 Å². The van der Waals surface area contributed by atoms with E-state index in [2.05, 4.69) is 21.2 Å². The van der Waals surface area contributed by atoms with Gasteiger partial charge in [0, 0.05) is 33.6 Å². The summed E-state index contributed by atoms with van der Waals surface area (Å²) in [5, 5.41) is 13.2. The fourth-order valence-corrected chi connectivity index (χ4v) is 5.42. The SMILES string of the molecule is NC1(C(/C(C=O)=C/c2cccc(Br)c2)c2ccc(O)cc2)CCNC(Cc2ccc(F)cc2F)C1. The number of phenols is 1. The van der Waals surface area contributed by atoms with Crippen molar-refractivity contribution in [3.63, 3.8) is 0 Å². The number of halogens is 3. The predicted molar refractivity (Wildman–Crippen MR) is 137 cm³/mol. The summed E-state index contributed by atoms with van der Waals surface area (Å²) in [4.78, 5) is 12.4. The van der Waals surface area contributed by atoms with E-state index >= 15 is 0 Å². The van der Waals surface area contributed by atoms with E-state index in [-0.39, 0.29) is 11.8 Å². The molecular weight excluding hydrogens is 514 g/mol. The average molecular weight is 541 g/mol. The van der Waals surface area contributed by atoms with Gasteiger partial charge in [-0.15, -0.1) is 0 Å². The smallest absolute Gasteiger partial charge is 0.146 e. The number of carbonyl (C=O) groups is 1. The fraction of sp³-hybridized carbons (Fsp3) is 0.250. The van der Waals surface area contributed by atoms with Crippen LogP contribution >= 0.6 is 15.9 Å². The first-order chi connectivity index (χ1) is 16.8. The Labute approximate surface area is 212 Å². The van der Waals surface area contributed by atoms with Crippen LogP contribution in [0.25, 0.3) is 6.08 Å². The normalized spacial score (nSPS) is 21.5. The number of aromatic hydroxyl groups is 1. The van der Waals surface area contributed by atoms with Gasteiger partial charge in [0.1, 0.15) is 23.7 Å². The minimum atomic E-state index is -0.817. The van der Waals surface area contributed by atoms with E-state index in [0.29, 0.717) is 36.9 Å². The van der Waals surface area contributed by atoms with Gasteiger partial charge in [0.15, 0.2) is 0 Å². The number of nitrogens with two attached hydrogens (primary N) is 1. The molecule has 1 saturated heterocycles. The van der Waals surface area contributed by atoms with Crippen LogP contribution in [0, 0.1) is 11.6 Å². The third kappa shape index (κ3) is 6.04. The maximum absolute atomic E-state index is 14.3. The Balaban J connectivity index is 1.71. The summed E-state index contributed by atoms with van der Waals surface area (Å²) in [5.74, 6) is -1.53. The molecule has 0 aromatic heterocycles. The Hall–Kier alpha value is -2.87. The number of nitrogens with one attached hydrogen (secondary N) is 1. The molecule has 1 heterocycles. The fourth-order valence-electron chi connectivity index (χ4n) is 5.00. The van der Waals surface area contributed by atoms with Crippen molar-refractivity contribution in [3.05, 3.63) is 105 Å². The standard InChI is InChI=1S/C28H27BrF2N2O2/c29-22-3-1-2-18(13-22)12-21(17-34)27(19-5-8-25(35)9-6-19)28(32)10-11-33-24(16-28)14-20-4-7-23(30)15-26(20)31/h1-9,12-13,15,17,24,27,33,35H,10-11,14,16,32H2/b21-12+. The third-order valence-electron chi connectivity index (χ3n) is 6.58. The lowest BCUT2D eigenvalue weighted by Gasteiger charge is -2.44. The minimum Gasteiger partial charge on any atom is -0.508 e. The zero-order chi connectivity index (χ0) is 25.0. The summed E-state index contributed by atoms with van der Waals surface area (Å²) < 4.78 is 28.6. The van der Waals surface area contributed by atoms with Crippen molar-refractivity contribution < 1.29 is 18.7 Å². The Morgan fingerprint density at radius 2 is 1.94 bits per heavy atom. The third-order valence-corrected chi connectivity index (χ3v) is 7.08. The van der Waals surface area contributed by atoms with Crippen LogP contribution in [0.15, 0.2) is 76.8 Å². The van der Waals surface area contributed by atoms with Gasteiger partial charge in [0.25, 0.3) is 0 Å². The summed E-state index contributed by atoms with van der Waals surface area (Å²) in [6.07, 6.45) is 4.08. The number of hydrogen-bond acceptors (Lipinski definition) is 4. The highest BCUT2D eigenvalue weighted by molar-refractivity contribution is 9.10. The summed E-state index contributed by atoms with van der Waals surface area (Å²) in [5.41, 5.74) is 8.85. The minimum absolute atomic E-state index is 0.122. The molecule has 3 aromatic carbocycles. The van der Waals surface area contributed by atoms with Gasteiger partial charge in [0.2, 0.25) is 0 Å². The van der Waals surface area contributed by atoms with E-state index in [0.717, 1.165) is 28.0 Å². The second-order valence-electron chi connectivity index (χ2n) is 9.12. The molecule has 1 fully saturated rings. The summed E-state index contributed by atoms with van der Waals surface area (Å²) in [7, 11) is 0. The first-order valence-electron chi connectivity index (χ1n) is 11.4. The molecule has 1 aliphatic rings. The van der Waals surface area contributed by atoms with Crippen LogP contribution in [-0.2, 0) is 11.2 Å². The van der Waals surface area contributed by atoms with Crippen molar-refractivity contribution in [2.75, 3.05) is 6.54 Å². The van der Waals surface area contributed by atoms with Crippen molar-refractivity contribution in [2.45, 2.75) is 36.8 Å². The lowest BCUT2D eigenvalue weighted by molar-refractivity contribution is -0.105. The number of aldehydes is 1. The van der Waals surface area contributed by atoms with E-state index in [4.69, 9.17) is 5.73 Å². The maximum atomic E-state index is 14.3. The van der Waals surface area contributed by atoms with Crippen molar-refractivity contribution >= 4 is 28.3 Å². The Morgan fingerprint density at radius 3 is 2.63 bits per heavy atom. The van der Waals surface area contributed by atoms with E-state index in [9.17, 15) is 18.7 Å². The van der Waals surface area contributed by atoms with Crippen molar-refractivity contribution in [3.8, 4) is 5.75 Å². The molecule has 0 aliphatic carbocycles. The van der Waals surface area contributed by atoms with Gasteiger partial charge in [-0.2, -0.15) is 0 Å². The number of benzene rings is 3. The quantitative estimate of drug-likeness (QED) is 0.273. The lowest BCUT2D eigenvalue weighted by atomic mass is 9.68. The molecule has 0 saturated carbocycles. The second kappa shape index (κ2) is 10.8. The van der Waals surface area contributed by atoms with Gasteiger partial charge in [-0.25, -0.2) is 8.78 Å². The van der Waals surface area contributed by atoms with E-state index < -0.39 is 23.1 Å². The first kappa shape index (κ1) is 25.2. The van der Waals surface area contributed by atoms with Crippen molar-refractivity contribution in [2.24, 2.45) is 5.73 Å². The molecule has 0 bridgehead atoms. The van der Waals surface area contributed by atoms with Crippen LogP contribution in [0.5, 0.6) is 5.75 Å². The van der Waals surface area contributed by atoms with Gasteiger partial charge in [-0.3, -0.25) is 4.79 Å². The van der Waals surface area contributed by atoms with Crippen LogP contribution in [0.2, 0.25) is 0 Å². The number of rotatable bonds is 7. The number of piperidine rings is 1. The van der Waals surface area contributed by atoms with Crippen LogP contribution in [-0.4, -0.2) is 29.5 Å². The first-order valence-corrected chi connectivity index (χ1v) is 12.2. The molecule has 35 heavy (non-hydrogen) atoms. The molecule has 3 unspecified atom stereocenters. The van der Waals surface area contributed by atoms with Gasteiger partial charge < -0.3 is 16.2 Å². The van der Waals surface area contributed by atoms with Gasteiger partial charge in [-0.05, 0) is 78.9 Å². The summed E-state index contributed by atoms with van der Waals surface area (Å²) in [6.45, 7) is 0.585. The summed E-state index contributed by atoms with van der Waals surface area (Å²) >= 11 is 3.47. The molecule has 1 aliphatic heterocycles. The molecule has 3 atom stereocenters. The Morgan fingerprint density at radius 1 is 1.17 bits per heavy atom. The van der Waals surface area contributed by atoms with Gasteiger partial charge in [0.05, 0.1) is 0 Å².